The maximum absolute atomic E-state index is 10.8. The lowest BCUT2D eigenvalue weighted by Gasteiger charge is -2.08. The molecule has 0 saturated carbocycles. The van der Waals surface area contributed by atoms with E-state index in [2.05, 4.69) is 0 Å². The average molecular weight is 210 g/mol. The highest BCUT2D eigenvalue weighted by atomic mass is 16.5. The van der Waals surface area contributed by atoms with Crippen LogP contribution in [0.4, 0.5) is 0 Å². The van der Waals surface area contributed by atoms with Gasteiger partial charge in [0.05, 0.1) is 0 Å². The topological polar surface area (TPSA) is 87.0 Å². The van der Waals surface area contributed by atoms with Gasteiger partial charge in [0.2, 0.25) is 6.10 Å². The SMILES string of the molecule is CC1c2cc(O)c(O)cc2OC1C(=O)O. The number of carboxylic acids is 1. The van der Waals surface area contributed by atoms with Gasteiger partial charge in [0.1, 0.15) is 5.75 Å². The summed E-state index contributed by atoms with van der Waals surface area (Å²) >= 11 is 0. The maximum atomic E-state index is 10.8. The van der Waals surface area contributed by atoms with Crippen LogP contribution in [0.1, 0.15) is 18.4 Å². The van der Waals surface area contributed by atoms with Crippen molar-refractivity contribution in [1.29, 1.82) is 0 Å². The standard InChI is InChI=1S/C10H10O5/c1-4-5-2-6(11)7(12)3-8(5)15-9(4)10(13)14/h2-4,9,11-12H,1H3,(H,13,14). The van der Waals surface area contributed by atoms with Gasteiger partial charge in [-0.05, 0) is 6.07 Å². The van der Waals surface area contributed by atoms with Crippen LogP contribution in [0.3, 0.4) is 0 Å². The molecule has 1 aromatic carbocycles. The Morgan fingerprint density at radius 2 is 1.93 bits per heavy atom. The monoisotopic (exact) mass is 210 g/mol. The first-order chi connectivity index (χ1) is 7.00. The normalized spacial score (nSPS) is 23.3. The molecule has 3 N–H and O–H groups in total. The molecule has 1 heterocycles. The second-order valence-corrected chi connectivity index (χ2v) is 3.54. The zero-order chi connectivity index (χ0) is 11.2. The fourth-order valence-corrected chi connectivity index (χ4v) is 1.70. The van der Waals surface area contributed by atoms with Crippen LogP contribution in [-0.2, 0) is 4.79 Å². The smallest absolute Gasteiger partial charge is 0.345 e. The van der Waals surface area contributed by atoms with E-state index in [0.717, 1.165) is 0 Å². The molecule has 1 aliphatic heterocycles. The summed E-state index contributed by atoms with van der Waals surface area (Å²) in [6.07, 6.45) is -0.957. The van der Waals surface area contributed by atoms with Crippen molar-refractivity contribution in [3.05, 3.63) is 17.7 Å². The summed E-state index contributed by atoms with van der Waals surface area (Å²) in [7, 11) is 0. The van der Waals surface area contributed by atoms with E-state index >= 15 is 0 Å². The number of hydrogen-bond donors (Lipinski definition) is 3. The Balaban J connectivity index is 2.45. The number of aliphatic carboxylic acids is 1. The molecule has 0 aliphatic carbocycles. The molecule has 15 heavy (non-hydrogen) atoms. The molecular formula is C10H10O5. The number of aromatic hydroxyl groups is 2. The zero-order valence-electron chi connectivity index (χ0n) is 7.97. The lowest BCUT2D eigenvalue weighted by molar-refractivity contribution is -0.145. The lowest BCUT2D eigenvalue weighted by atomic mass is 9.97. The van der Waals surface area contributed by atoms with E-state index in [1.54, 1.807) is 6.92 Å². The number of hydrogen-bond acceptors (Lipinski definition) is 4. The Kier molecular flexibility index (Phi) is 1.96. The van der Waals surface area contributed by atoms with Crippen molar-refractivity contribution < 1.29 is 24.9 Å². The van der Waals surface area contributed by atoms with Crippen molar-refractivity contribution in [2.24, 2.45) is 0 Å². The van der Waals surface area contributed by atoms with Crippen molar-refractivity contribution in [2.45, 2.75) is 18.9 Å². The summed E-state index contributed by atoms with van der Waals surface area (Å²) in [5.41, 5.74) is 0.595. The number of carbonyl (C=O) groups is 1. The van der Waals surface area contributed by atoms with Crippen LogP contribution in [0.15, 0.2) is 12.1 Å². The van der Waals surface area contributed by atoms with Crippen LogP contribution >= 0.6 is 0 Å². The van der Waals surface area contributed by atoms with Crippen LogP contribution in [0.2, 0.25) is 0 Å². The minimum Gasteiger partial charge on any atom is -0.504 e. The molecule has 5 nitrogen and oxygen atoms in total. The molecule has 0 radical (unpaired) electrons. The Morgan fingerprint density at radius 3 is 2.53 bits per heavy atom. The summed E-state index contributed by atoms with van der Waals surface area (Å²) in [6, 6.07) is 2.56. The predicted octanol–water partition coefficient (Wildman–Crippen LogP) is 1.05. The minimum atomic E-state index is -1.06. The van der Waals surface area contributed by atoms with E-state index in [0.29, 0.717) is 11.3 Å². The van der Waals surface area contributed by atoms with Gasteiger partial charge in [-0.1, -0.05) is 6.92 Å². The molecular weight excluding hydrogens is 200 g/mol. The van der Waals surface area contributed by atoms with Gasteiger partial charge in [-0.15, -0.1) is 0 Å². The van der Waals surface area contributed by atoms with Crippen LogP contribution < -0.4 is 4.74 Å². The molecule has 2 rings (SSSR count). The highest BCUT2D eigenvalue weighted by molar-refractivity contribution is 5.76. The third kappa shape index (κ3) is 1.36. The van der Waals surface area contributed by atoms with Gasteiger partial charge in [-0.2, -0.15) is 0 Å². The van der Waals surface area contributed by atoms with Crippen molar-refractivity contribution in [3.8, 4) is 17.2 Å². The Hall–Kier alpha value is -1.91. The number of fused-ring (bicyclic) bond motifs is 1. The molecule has 0 aromatic heterocycles. The number of rotatable bonds is 1. The molecule has 0 amide bonds. The quantitative estimate of drug-likeness (QED) is 0.603. The molecule has 80 valence electrons. The van der Waals surface area contributed by atoms with Gasteiger partial charge < -0.3 is 20.1 Å². The maximum Gasteiger partial charge on any atom is 0.345 e. The van der Waals surface area contributed by atoms with E-state index < -0.39 is 12.1 Å². The third-order valence-corrected chi connectivity index (χ3v) is 2.55. The van der Waals surface area contributed by atoms with Crippen LogP contribution in [0.25, 0.3) is 0 Å². The van der Waals surface area contributed by atoms with E-state index in [1.165, 1.54) is 12.1 Å². The summed E-state index contributed by atoms with van der Waals surface area (Å²) in [6.45, 7) is 1.70. The van der Waals surface area contributed by atoms with E-state index in [9.17, 15) is 15.0 Å². The molecule has 5 heteroatoms. The van der Waals surface area contributed by atoms with Gasteiger partial charge in [-0.3, -0.25) is 0 Å². The van der Waals surface area contributed by atoms with Crippen LogP contribution in [0.5, 0.6) is 17.2 Å². The van der Waals surface area contributed by atoms with Crippen LogP contribution in [-0.4, -0.2) is 27.4 Å². The zero-order valence-corrected chi connectivity index (χ0v) is 7.97. The summed E-state index contributed by atoms with van der Waals surface area (Å²) in [5, 5.41) is 27.3. The first-order valence-corrected chi connectivity index (χ1v) is 4.46. The van der Waals surface area contributed by atoms with Crippen molar-refractivity contribution in [1.82, 2.24) is 0 Å². The first kappa shape index (κ1) is 9.64. The van der Waals surface area contributed by atoms with Gasteiger partial charge in [0.15, 0.2) is 11.5 Å². The second-order valence-electron chi connectivity index (χ2n) is 3.54. The Morgan fingerprint density at radius 1 is 1.33 bits per heavy atom. The Labute approximate surface area is 85.5 Å². The number of ether oxygens (including phenoxy) is 1. The molecule has 0 fully saturated rings. The summed E-state index contributed by atoms with van der Waals surface area (Å²) in [4.78, 5) is 10.8. The first-order valence-electron chi connectivity index (χ1n) is 4.46. The van der Waals surface area contributed by atoms with Crippen molar-refractivity contribution in [3.63, 3.8) is 0 Å². The number of phenolic OH excluding ortho intramolecular Hbond substituents is 2. The molecule has 2 atom stereocenters. The molecule has 1 aliphatic rings. The van der Waals surface area contributed by atoms with E-state index in [1.807, 2.05) is 0 Å². The number of benzene rings is 1. The van der Waals surface area contributed by atoms with Gasteiger partial charge in [0.25, 0.3) is 0 Å². The fourth-order valence-electron chi connectivity index (χ4n) is 1.70. The summed E-state index contributed by atoms with van der Waals surface area (Å²) < 4.78 is 5.15. The fraction of sp³-hybridized carbons (Fsp3) is 0.300. The molecule has 0 bridgehead atoms. The molecule has 0 saturated heterocycles. The third-order valence-electron chi connectivity index (χ3n) is 2.55. The van der Waals surface area contributed by atoms with E-state index in [-0.39, 0.29) is 17.4 Å². The molecule has 1 aromatic rings. The van der Waals surface area contributed by atoms with E-state index in [4.69, 9.17) is 9.84 Å². The number of carboxylic acid groups (broad SMARTS) is 1. The largest absolute Gasteiger partial charge is 0.504 e. The highest BCUT2D eigenvalue weighted by Crippen LogP contribution is 2.43. The van der Waals surface area contributed by atoms with Gasteiger partial charge in [-0.25, -0.2) is 4.79 Å². The molecule has 2 unspecified atom stereocenters. The average Bonchev–Trinajstić information content (AvgIpc) is 2.46. The molecule has 0 spiro atoms. The number of phenols is 2. The van der Waals surface area contributed by atoms with Crippen molar-refractivity contribution in [2.75, 3.05) is 0 Å². The highest BCUT2D eigenvalue weighted by Gasteiger charge is 2.37. The van der Waals surface area contributed by atoms with Gasteiger partial charge >= 0.3 is 5.97 Å². The van der Waals surface area contributed by atoms with Crippen molar-refractivity contribution >= 4 is 5.97 Å². The lowest BCUT2D eigenvalue weighted by Crippen LogP contribution is -2.27. The Bertz CT molecular complexity index is 426. The minimum absolute atomic E-state index is 0.268. The summed E-state index contributed by atoms with van der Waals surface area (Å²) in [5.74, 6) is -1.67. The second kappa shape index (κ2) is 3.05. The predicted molar refractivity (Wildman–Crippen MR) is 50.2 cm³/mol. The van der Waals surface area contributed by atoms with Gasteiger partial charge in [0, 0.05) is 17.5 Å². The van der Waals surface area contributed by atoms with Crippen LogP contribution in [0, 0.1) is 0 Å².